The summed E-state index contributed by atoms with van der Waals surface area (Å²) in [4.78, 5) is 14.2. The van der Waals surface area contributed by atoms with Crippen LogP contribution in [-0.2, 0) is 9.84 Å². The lowest BCUT2D eigenvalue weighted by Crippen LogP contribution is -2.41. The second-order valence-electron chi connectivity index (χ2n) is 5.58. The van der Waals surface area contributed by atoms with Crippen LogP contribution in [0.1, 0.15) is 10.4 Å². The molecule has 0 unspecified atom stereocenters. The Balaban J connectivity index is 2.04. The molecule has 0 spiro atoms. The highest BCUT2D eigenvalue weighted by Gasteiger charge is 2.32. The summed E-state index contributed by atoms with van der Waals surface area (Å²) in [7, 11) is -1.86. The average Bonchev–Trinajstić information content (AvgIpc) is 2.95. The summed E-state index contributed by atoms with van der Waals surface area (Å²) in [5.41, 5.74) is 0.344. The fraction of sp³-hybridized carbons (Fsp3) is 0.167. The maximum atomic E-state index is 14.1. The van der Waals surface area contributed by atoms with Crippen LogP contribution in [0, 0.1) is 5.82 Å². The van der Waals surface area contributed by atoms with E-state index in [0.29, 0.717) is 11.4 Å². The summed E-state index contributed by atoms with van der Waals surface area (Å²) in [6.45, 7) is 0. The predicted octanol–water partition coefficient (Wildman–Crippen LogP) is 2.79. The van der Waals surface area contributed by atoms with E-state index in [-0.39, 0.29) is 11.3 Å². The zero-order valence-electron chi connectivity index (χ0n) is 13.4. The Kier molecular flexibility index (Phi) is 4.59. The molecule has 0 aliphatic carbocycles. The van der Waals surface area contributed by atoms with Crippen molar-refractivity contribution in [2.45, 2.75) is 6.04 Å². The topological polar surface area (TPSA) is 63.7 Å². The first-order valence-electron chi connectivity index (χ1n) is 7.54. The first kappa shape index (κ1) is 17.2. The number of anilines is 1. The summed E-state index contributed by atoms with van der Waals surface area (Å²) < 4.78 is 42.7. The molecule has 1 aliphatic rings. The van der Waals surface area contributed by atoms with Gasteiger partial charge in [-0.3, -0.25) is 4.79 Å². The normalized spacial score (nSPS) is 18.1. The van der Waals surface area contributed by atoms with Crippen LogP contribution < -0.4 is 9.64 Å². The first-order chi connectivity index (χ1) is 11.9. The van der Waals surface area contributed by atoms with Gasteiger partial charge in [0.2, 0.25) is 0 Å². The van der Waals surface area contributed by atoms with Gasteiger partial charge < -0.3 is 9.64 Å². The number of nitrogens with zero attached hydrogens (tertiary/aromatic N) is 1. The molecule has 0 saturated heterocycles. The van der Waals surface area contributed by atoms with Gasteiger partial charge in [0, 0.05) is 11.1 Å². The number of halogens is 1. The third-order valence-corrected chi connectivity index (χ3v) is 5.29. The number of rotatable bonds is 4. The zero-order chi connectivity index (χ0) is 18.0. The van der Waals surface area contributed by atoms with E-state index in [1.165, 1.54) is 36.3 Å². The van der Waals surface area contributed by atoms with E-state index in [4.69, 9.17) is 4.74 Å². The van der Waals surface area contributed by atoms with Crippen LogP contribution >= 0.6 is 0 Å². The highest BCUT2D eigenvalue weighted by Crippen LogP contribution is 2.27. The Bertz CT molecular complexity index is 922. The fourth-order valence-corrected chi connectivity index (χ4v) is 3.95. The van der Waals surface area contributed by atoms with Crippen molar-refractivity contribution in [3.05, 3.63) is 71.4 Å². The molecule has 3 rings (SSSR count). The smallest absolute Gasteiger partial charge is 0.261 e. The maximum absolute atomic E-state index is 14.1. The molecule has 2 aromatic carbocycles. The van der Waals surface area contributed by atoms with Crippen molar-refractivity contribution in [2.75, 3.05) is 17.8 Å². The van der Waals surface area contributed by atoms with E-state index < -0.39 is 27.6 Å². The van der Waals surface area contributed by atoms with E-state index >= 15 is 0 Å². The lowest BCUT2D eigenvalue weighted by Gasteiger charge is -2.28. The Labute approximate surface area is 145 Å². The van der Waals surface area contributed by atoms with Crippen LogP contribution in [0.25, 0.3) is 0 Å². The molecular formula is C18H16FNO4S. The number of hydrogen-bond donors (Lipinski definition) is 0. The SMILES string of the molecule is COc1ccc(N(C(=O)c2ccccc2F)[C@H]2C=CS(=O)(=O)C2)cc1. The number of amides is 1. The number of carbonyl (C=O) groups is 1. The van der Waals surface area contributed by atoms with Gasteiger partial charge in [0.25, 0.3) is 5.91 Å². The monoisotopic (exact) mass is 361 g/mol. The summed E-state index contributed by atoms with van der Waals surface area (Å²) >= 11 is 0. The van der Waals surface area contributed by atoms with Gasteiger partial charge in [-0.1, -0.05) is 12.1 Å². The molecule has 7 heteroatoms. The van der Waals surface area contributed by atoms with Gasteiger partial charge in [0.1, 0.15) is 11.6 Å². The number of hydrogen-bond acceptors (Lipinski definition) is 4. The van der Waals surface area contributed by atoms with Crippen LogP contribution in [0.3, 0.4) is 0 Å². The van der Waals surface area contributed by atoms with Crippen LogP contribution in [0.2, 0.25) is 0 Å². The summed E-state index contributed by atoms with van der Waals surface area (Å²) in [6.07, 6.45) is 1.44. The highest BCUT2D eigenvalue weighted by molar-refractivity contribution is 7.94. The molecule has 25 heavy (non-hydrogen) atoms. The molecule has 0 fully saturated rings. The Morgan fingerprint density at radius 1 is 1.16 bits per heavy atom. The second kappa shape index (κ2) is 6.68. The predicted molar refractivity (Wildman–Crippen MR) is 92.9 cm³/mol. The number of methoxy groups -OCH3 is 1. The third kappa shape index (κ3) is 3.56. The Hall–Kier alpha value is -2.67. The second-order valence-corrected chi connectivity index (χ2v) is 7.51. The molecular weight excluding hydrogens is 345 g/mol. The van der Waals surface area contributed by atoms with E-state index in [2.05, 4.69) is 0 Å². The third-order valence-electron chi connectivity index (χ3n) is 3.92. The van der Waals surface area contributed by atoms with Gasteiger partial charge in [0.05, 0.1) is 24.5 Å². The number of benzene rings is 2. The van der Waals surface area contributed by atoms with Crippen LogP contribution in [0.5, 0.6) is 5.75 Å². The van der Waals surface area contributed by atoms with Gasteiger partial charge in [-0.05, 0) is 42.5 Å². The molecule has 0 aromatic heterocycles. The molecule has 5 nitrogen and oxygen atoms in total. The minimum Gasteiger partial charge on any atom is -0.497 e. The van der Waals surface area contributed by atoms with Gasteiger partial charge in [-0.2, -0.15) is 0 Å². The zero-order valence-corrected chi connectivity index (χ0v) is 14.2. The summed E-state index contributed by atoms with van der Waals surface area (Å²) in [5, 5.41) is 1.09. The molecule has 1 amide bonds. The molecule has 1 heterocycles. The molecule has 1 atom stereocenters. The van der Waals surface area contributed by atoms with E-state index in [1.807, 2.05) is 0 Å². The van der Waals surface area contributed by atoms with E-state index in [0.717, 1.165) is 5.41 Å². The number of sulfone groups is 1. The summed E-state index contributed by atoms with van der Waals surface area (Å²) in [6, 6.07) is 11.5. The van der Waals surface area contributed by atoms with Crippen LogP contribution in [0.4, 0.5) is 10.1 Å². The largest absolute Gasteiger partial charge is 0.497 e. The number of ether oxygens (including phenoxy) is 1. The number of carbonyl (C=O) groups excluding carboxylic acids is 1. The molecule has 0 saturated carbocycles. The maximum Gasteiger partial charge on any atom is 0.261 e. The van der Waals surface area contributed by atoms with Crippen molar-refractivity contribution < 1.29 is 22.3 Å². The molecule has 0 N–H and O–H groups in total. The lowest BCUT2D eigenvalue weighted by atomic mass is 10.1. The van der Waals surface area contributed by atoms with Crippen LogP contribution in [0.15, 0.2) is 60.0 Å². The summed E-state index contributed by atoms with van der Waals surface area (Å²) in [5.74, 6) is -0.901. The lowest BCUT2D eigenvalue weighted by molar-refractivity contribution is 0.0979. The van der Waals surface area contributed by atoms with Gasteiger partial charge in [-0.25, -0.2) is 12.8 Å². The molecule has 0 radical (unpaired) electrons. The van der Waals surface area contributed by atoms with Crippen molar-refractivity contribution in [3.63, 3.8) is 0 Å². The van der Waals surface area contributed by atoms with E-state index in [1.54, 1.807) is 30.3 Å². The molecule has 130 valence electrons. The van der Waals surface area contributed by atoms with Crippen LogP contribution in [-0.4, -0.2) is 33.2 Å². The molecule has 2 aromatic rings. The van der Waals surface area contributed by atoms with Gasteiger partial charge in [0.15, 0.2) is 9.84 Å². The highest BCUT2D eigenvalue weighted by atomic mass is 32.2. The Morgan fingerprint density at radius 3 is 2.40 bits per heavy atom. The van der Waals surface area contributed by atoms with Gasteiger partial charge in [-0.15, -0.1) is 0 Å². The standard InChI is InChI=1S/C18H16FNO4S/c1-24-15-8-6-13(7-9-15)20(14-10-11-25(22,23)12-14)18(21)16-4-2-3-5-17(16)19/h2-11,14H,12H2,1H3/t14-/m0/s1. The van der Waals surface area contributed by atoms with Crippen molar-refractivity contribution >= 4 is 21.4 Å². The minimum absolute atomic E-state index is 0.115. The van der Waals surface area contributed by atoms with Crippen molar-refractivity contribution in [1.82, 2.24) is 0 Å². The van der Waals surface area contributed by atoms with Crippen molar-refractivity contribution in [3.8, 4) is 5.75 Å². The van der Waals surface area contributed by atoms with Gasteiger partial charge >= 0.3 is 0 Å². The first-order valence-corrected chi connectivity index (χ1v) is 9.26. The minimum atomic E-state index is -3.38. The van der Waals surface area contributed by atoms with Crippen molar-refractivity contribution in [1.29, 1.82) is 0 Å². The molecule has 1 aliphatic heterocycles. The fourth-order valence-electron chi connectivity index (χ4n) is 2.69. The van der Waals surface area contributed by atoms with E-state index in [9.17, 15) is 17.6 Å². The Morgan fingerprint density at radius 2 is 1.84 bits per heavy atom. The quantitative estimate of drug-likeness (QED) is 0.840. The van der Waals surface area contributed by atoms with Crippen molar-refractivity contribution in [2.24, 2.45) is 0 Å². The average molecular weight is 361 g/mol. The molecule has 0 bridgehead atoms.